The van der Waals surface area contributed by atoms with E-state index in [0.29, 0.717) is 43.6 Å². The van der Waals surface area contributed by atoms with Crippen molar-refractivity contribution in [1.29, 1.82) is 0 Å². The molecule has 1 amide bonds. The Kier molecular flexibility index (Phi) is 5.46. The van der Waals surface area contributed by atoms with Crippen LogP contribution in [0.25, 0.3) is 5.69 Å². The molecule has 5 nitrogen and oxygen atoms in total. The van der Waals surface area contributed by atoms with Gasteiger partial charge in [-0.05, 0) is 70.5 Å². The zero-order chi connectivity index (χ0) is 19.7. The Morgan fingerprint density at radius 2 is 1.81 bits per heavy atom. The minimum atomic E-state index is -0.259. The molecule has 0 saturated carbocycles. The number of hydrogen-bond donors (Lipinski definition) is 1. The summed E-state index contributed by atoms with van der Waals surface area (Å²) >= 11 is 0. The molecule has 6 heteroatoms. The Hall–Kier alpha value is -2.47. The lowest BCUT2D eigenvalue weighted by molar-refractivity contribution is -0.123. The number of aryl methyl sites for hydroxylation is 2. The van der Waals surface area contributed by atoms with Gasteiger partial charge in [-0.25, -0.2) is 4.39 Å². The van der Waals surface area contributed by atoms with Crippen LogP contribution in [-0.2, 0) is 4.79 Å². The number of halogens is 1. The highest BCUT2D eigenvalue weighted by Crippen LogP contribution is 2.24. The molecule has 0 aliphatic carbocycles. The Morgan fingerprint density at radius 3 is 2.41 bits per heavy atom. The van der Waals surface area contributed by atoms with E-state index in [1.807, 2.05) is 30.5 Å². The summed E-state index contributed by atoms with van der Waals surface area (Å²) in [6.45, 7) is 7.24. The smallest absolute Gasteiger partial charge is 0.220 e. The van der Waals surface area contributed by atoms with Gasteiger partial charge in [-0.2, -0.15) is 0 Å². The van der Waals surface area contributed by atoms with Crippen molar-refractivity contribution in [3.63, 3.8) is 0 Å². The molecule has 0 unspecified atom stereocenters. The van der Waals surface area contributed by atoms with Crippen LogP contribution in [0.4, 0.5) is 4.39 Å². The summed E-state index contributed by atoms with van der Waals surface area (Å²) < 4.78 is 15.9. The summed E-state index contributed by atoms with van der Waals surface area (Å²) in [7, 11) is 0. The minimum absolute atomic E-state index is 0.0412. The van der Waals surface area contributed by atoms with Gasteiger partial charge in [-0.1, -0.05) is 6.07 Å². The molecule has 0 atom stereocenters. The van der Waals surface area contributed by atoms with Crippen molar-refractivity contribution in [1.82, 2.24) is 9.47 Å². The van der Waals surface area contributed by atoms with Crippen molar-refractivity contribution in [2.75, 3.05) is 19.6 Å². The number of benzene rings is 1. The van der Waals surface area contributed by atoms with Gasteiger partial charge in [-0.3, -0.25) is 14.5 Å². The van der Waals surface area contributed by atoms with E-state index in [0.717, 1.165) is 17.1 Å². The van der Waals surface area contributed by atoms with Crippen LogP contribution in [0, 0.1) is 32.5 Å². The number of rotatable bonds is 5. The van der Waals surface area contributed by atoms with Crippen LogP contribution in [0.15, 0.2) is 24.3 Å². The van der Waals surface area contributed by atoms with Gasteiger partial charge in [0.15, 0.2) is 5.78 Å². The van der Waals surface area contributed by atoms with E-state index >= 15 is 0 Å². The van der Waals surface area contributed by atoms with Crippen LogP contribution in [0.5, 0.6) is 0 Å². The number of carbonyl (C=O) groups excluding carboxylic acids is 2. The van der Waals surface area contributed by atoms with Crippen molar-refractivity contribution in [2.45, 2.75) is 33.6 Å². The van der Waals surface area contributed by atoms with Gasteiger partial charge in [-0.15, -0.1) is 0 Å². The molecule has 27 heavy (non-hydrogen) atoms. The number of primary amides is 1. The van der Waals surface area contributed by atoms with Gasteiger partial charge in [0.2, 0.25) is 5.91 Å². The monoisotopic (exact) mass is 371 g/mol. The van der Waals surface area contributed by atoms with Crippen LogP contribution in [-0.4, -0.2) is 40.8 Å². The number of nitrogens with two attached hydrogens (primary N) is 1. The second-order valence-corrected chi connectivity index (χ2v) is 7.43. The van der Waals surface area contributed by atoms with Crippen LogP contribution in [0.2, 0.25) is 0 Å². The molecule has 1 saturated heterocycles. The van der Waals surface area contributed by atoms with E-state index in [1.54, 1.807) is 13.0 Å². The number of nitrogens with zero attached hydrogens (tertiary/aromatic N) is 2. The fourth-order valence-corrected chi connectivity index (χ4v) is 3.83. The first-order valence-electron chi connectivity index (χ1n) is 9.28. The standard InChI is InChI=1S/C21H26FN3O2/c1-13-4-5-17(11-19(13)22)25-14(2)10-18(15(25)3)20(26)12-24-8-6-16(7-9-24)21(23)27/h4-5,10-11,16H,6-9,12H2,1-3H3,(H2,23,27). The molecule has 0 radical (unpaired) electrons. The number of aromatic nitrogens is 1. The summed E-state index contributed by atoms with van der Waals surface area (Å²) in [5.74, 6) is -0.558. The van der Waals surface area contributed by atoms with Crippen molar-refractivity contribution in [2.24, 2.45) is 11.7 Å². The van der Waals surface area contributed by atoms with Crippen molar-refractivity contribution < 1.29 is 14.0 Å². The van der Waals surface area contributed by atoms with Crippen molar-refractivity contribution in [3.05, 3.63) is 52.6 Å². The molecular formula is C21H26FN3O2. The lowest BCUT2D eigenvalue weighted by Crippen LogP contribution is -2.40. The number of hydrogen-bond acceptors (Lipinski definition) is 3. The van der Waals surface area contributed by atoms with Crippen molar-refractivity contribution in [3.8, 4) is 5.69 Å². The van der Waals surface area contributed by atoms with Gasteiger partial charge in [0.25, 0.3) is 0 Å². The molecule has 0 bridgehead atoms. The van der Waals surface area contributed by atoms with E-state index in [4.69, 9.17) is 5.73 Å². The van der Waals surface area contributed by atoms with Crippen molar-refractivity contribution >= 4 is 11.7 Å². The molecule has 1 aromatic heterocycles. The molecular weight excluding hydrogens is 345 g/mol. The zero-order valence-electron chi connectivity index (χ0n) is 16.1. The van der Waals surface area contributed by atoms with Gasteiger partial charge >= 0.3 is 0 Å². The topological polar surface area (TPSA) is 68.3 Å². The average Bonchev–Trinajstić information content (AvgIpc) is 2.92. The maximum atomic E-state index is 14.0. The highest BCUT2D eigenvalue weighted by molar-refractivity contribution is 5.99. The molecule has 1 fully saturated rings. The summed E-state index contributed by atoms with van der Waals surface area (Å²) in [5, 5.41) is 0. The first-order valence-corrected chi connectivity index (χ1v) is 9.28. The Morgan fingerprint density at radius 1 is 1.15 bits per heavy atom. The molecule has 0 spiro atoms. The van der Waals surface area contributed by atoms with Gasteiger partial charge in [0, 0.05) is 28.6 Å². The number of Topliss-reactive ketones (excluding diaryl/α,β-unsaturated/α-hetero) is 1. The molecule has 1 aliphatic rings. The molecule has 3 rings (SSSR count). The molecule has 2 aromatic rings. The Balaban J connectivity index is 1.77. The summed E-state index contributed by atoms with van der Waals surface area (Å²) in [6, 6.07) is 6.97. The minimum Gasteiger partial charge on any atom is -0.369 e. The van der Waals surface area contributed by atoms with Gasteiger partial charge in [0.1, 0.15) is 5.82 Å². The number of amides is 1. The molecule has 2 N–H and O–H groups in total. The SMILES string of the molecule is Cc1ccc(-n2c(C)cc(C(=O)CN3CCC(C(N)=O)CC3)c2C)cc1F. The second-order valence-electron chi connectivity index (χ2n) is 7.43. The average molecular weight is 371 g/mol. The summed E-state index contributed by atoms with van der Waals surface area (Å²) in [4.78, 5) is 26.2. The first-order chi connectivity index (χ1) is 12.8. The van der Waals surface area contributed by atoms with Crippen LogP contribution in [0.1, 0.15) is 40.2 Å². The third-order valence-electron chi connectivity index (χ3n) is 5.50. The second kappa shape index (κ2) is 7.64. The van der Waals surface area contributed by atoms with E-state index in [1.165, 1.54) is 6.07 Å². The predicted octanol–water partition coefficient (Wildman–Crippen LogP) is 2.92. The normalized spacial score (nSPS) is 15.9. The number of likely N-dealkylation sites (tertiary alicyclic amines) is 1. The van der Waals surface area contributed by atoms with E-state index in [2.05, 4.69) is 4.90 Å². The maximum absolute atomic E-state index is 14.0. The molecule has 1 aliphatic heterocycles. The van der Waals surface area contributed by atoms with Crippen LogP contribution in [0.3, 0.4) is 0 Å². The maximum Gasteiger partial charge on any atom is 0.220 e. The third kappa shape index (κ3) is 3.95. The van der Waals surface area contributed by atoms with E-state index in [-0.39, 0.29) is 23.4 Å². The van der Waals surface area contributed by atoms with Crippen LogP contribution < -0.4 is 5.73 Å². The highest BCUT2D eigenvalue weighted by atomic mass is 19.1. The van der Waals surface area contributed by atoms with Gasteiger partial charge < -0.3 is 10.3 Å². The summed E-state index contributed by atoms with van der Waals surface area (Å²) in [6.07, 6.45) is 1.40. The van der Waals surface area contributed by atoms with Gasteiger partial charge in [0.05, 0.1) is 6.54 Å². The molecule has 1 aromatic carbocycles. The lowest BCUT2D eigenvalue weighted by Gasteiger charge is -2.29. The van der Waals surface area contributed by atoms with E-state index < -0.39 is 0 Å². The zero-order valence-corrected chi connectivity index (χ0v) is 16.1. The van der Waals surface area contributed by atoms with E-state index in [9.17, 15) is 14.0 Å². The predicted molar refractivity (Wildman–Crippen MR) is 103 cm³/mol. The van der Waals surface area contributed by atoms with Crippen LogP contribution >= 0.6 is 0 Å². The fourth-order valence-electron chi connectivity index (χ4n) is 3.83. The first kappa shape index (κ1) is 19.3. The molecule has 2 heterocycles. The largest absolute Gasteiger partial charge is 0.369 e. The quantitative estimate of drug-likeness (QED) is 0.822. The fraction of sp³-hybridized carbons (Fsp3) is 0.429. The Labute approximate surface area is 159 Å². The Bertz CT molecular complexity index is 880. The highest BCUT2D eigenvalue weighted by Gasteiger charge is 2.25. The number of ketones is 1. The lowest BCUT2D eigenvalue weighted by atomic mass is 9.96. The number of piperidine rings is 1. The summed E-state index contributed by atoms with van der Waals surface area (Å²) in [5.41, 5.74) is 9.04. The molecule has 144 valence electrons. The number of carbonyl (C=O) groups is 2. The third-order valence-corrected chi connectivity index (χ3v) is 5.50.